The third kappa shape index (κ3) is 2.85. The highest BCUT2D eigenvalue weighted by molar-refractivity contribution is 6.34. The molecule has 5 heteroatoms. The number of aromatic nitrogens is 1. The maximum Gasteiger partial charge on any atom is 0.259 e. The lowest BCUT2D eigenvalue weighted by atomic mass is 10.2. The predicted molar refractivity (Wildman–Crippen MR) is 77.5 cm³/mol. The van der Waals surface area contributed by atoms with Crippen molar-refractivity contribution in [2.45, 2.75) is 6.92 Å². The van der Waals surface area contributed by atoms with Crippen molar-refractivity contribution < 1.29 is 4.79 Å². The molecule has 2 aromatic rings. The minimum atomic E-state index is -0.187. The maximum absolute atomic E-state index is 12.5. The summed E-state index contributed by atoms with van der Waals surface area (Å²) >= 11 is 6.01. The van der Waals surface area contributed by atoms with Crippen molar-refractivity contribution in [1.82, 2.24) is 4.98 Å². The number of hydrogen-bond acceptors (Lipinski definition) is 3. The van der Waals surface area contributed by atoms with Crippen LogP contribution in [0, 0.1) is 0 Å². The van der Waals surface area contributed by atoms with Crippen LogP contribution in [-0.4, -0.2) is 17.4 Å². The van der Waals surface area contributed by atoms with Crippen LogP contribution in [0.25, 0.3) is 0 Å². The molecule has 1 aromatic carbocycles. The number of anilines is 2. The van der Waals surface area contributed by atoms with Crippen molar-refractivity contribution in [3.8, 4) is 0 Å². The molecular formula is C14H14ClN3O. The summed E-state index contributed by atoms with van der Waals surface area (Å²) in [4.78, 5) is 18.0. The van der Waals surface area contributed by atoms with Gasteiger partial charge < -0.3 is 10.6 Å². The number of benzene rings is 1. The van der Waals surface area contributed by atoms with Crippen LogP contribution in [0.2, 0.25) is 5.02 Å². The number of nitrogens with two attached hydrogens (primary N) is 1. The van der Waals surface area contributed by atoms with E-state index >= 15 is 0 Å². The summed E-state index contributed by atoms with van der Waals surface area (Å²) in [6.45, 7) is 2.45. The molecular weight excluding hydrogens is 262 g/mol. The topological polar surface area (TPSA) is 59.2 Å². The van der Waals surface area contributed by atoms with Gasteiger partial charge in [-0.2, -0.15) is 0 Å². The van der Waals surface area contributed by atoms with E-state index in [2.05, 4.69) is 4.98 Å². The maximum atomic E-state index is 12.5. The van der Waals surface area contributed by atoms with Crippen LogP contribution in [0.1, 0.15) is 17.3 Å². The summed E-state index contributed by atoms with van der Waals surface area (Å²) in [5.74, 6) is 0.0877. The molecule has 0 spiro atoms. The normalized spacial score (nSPS) is 10.2. The first-order chi connectivity index (χ1) is 9.13. The molecule has 0 fully saturated rings. The molecule has 19 heavy (non-hydrogen) atoms. The second-order valence-electron chi connectivity index (χ2n) is 3.97. The first-order valence-corrected chi connectivity index (χ1v) is 6.29. The number of pyridine rings is 1. The molecule has 0 saturated heterocycles. The number of halogens is 1. The Hall–Kier alpha value is -2.07. The van der Waals surface area contributed by atoms with Crippen LogP contribution in [0.15, 0.2) is 42.6 Å². The van der Waals surface area contributed by atoms with Gasteiger partial charge in [0.15, 0.2) is 0 Å². The van der Waals surface area contributed by atoms with Gasteiger partial charge in [0.1, 0.15) is 5.82 Å². The van der Waals surface area contributed by atoms with Crippen molar-refractivity contribution in [3.63, 3.8) is 0 Å². The van der Waals surface area contributed by atoms with Crippen molar-refractivity contribution >= 4 is 29.0 Å². The number of carbonyl (C=O) groups is 1. The lowest BCUT2D eigenvalue weighted by Gasteiger charge is -2.21. The summed E-state index contributed by atoms with van der Waals surface area (Å²) in [6.07, 6.45) is 1.39. The Morgan fingerprint density at radius 1 is 1.37 bits per heavy atom. The van der Waals surface area contributed by atoms with E-state index in [1.165, 1.54) is 12.3 Å². The second kappa shape index (κ2) is 5.71. The Bertz CT molecular complexity index is 586. The first kappa shape index (κ1) is 13.4. The van der Waals surface area contributed by atoms with E-state index in [0.29, 0.717) is 17.1 Å². The molecule has 0 atom stereocenters. The van der Waals surface area contributed by atoms with Crippen LogP contribution in [0.5, 0.6) is 0 Å². The molecule has 1 aromatic heterocycles. The smallest absolute Gasteiger partial charge is 0.259 e. The Kier molecular flexibility index (Phi) is 4.02. The van der Waals surface area contributed by atoms with Crippen LogP contribution in [0.3, 0.4) is 0 Å². The largest absolute Gasteiger partial charge is 0.384 e. The van der Waals surface area contributed by atoms with Gasteiger partial charge in [-0.3, -0.25) is 4.79 Å². The Labute approximate surface area is 116 Å². The molecule has 0 aliphatic carbocycles. The molecule has 1 heterocycles. The van der Waals surface area contributed by atoms with Gasteiger partial charge in [0.25, 0.3) is 5.91 Å². The minimum absolute atomic E-state index is 0.187. The fourth-order valence-corrected chi connectivity index (χ4v) is 2.00. The highest BCUT2D eigenvalue weighted by Gasteiger charge is 2.19. The molecule has 0 radical (unpaired) electrons. The minimum Gasteiger partial charge on any atom is -0.384 e. The lowest BCUT2D eigenvalue weighted by molar-refractivity contribution is 0.0988. The highest BCUT2D eigenvalue weighted by Crippen LogP contribution is 2.22. The molecule has 98 valence electrons. The molecule has 0 saturated carbocycles. The fourth-order valence-electron chi connectivity index (χ4n) is 1.82. The average Bonchev–Trinajstić information content (AvgIpc) is 2.43. The third-order valence-electron chi connectivity index (χ3n) is 2.74. The van der Waals surface area contributed by atoms with Crippen molar-refractivity contribution in [2.24, 2.45) is 0 Å². The molecule has 2 rings (SSSR count). The van der Waals surface area contributed by atoms with E-state index in [9.17, 15) is 4.79 Å². The Morgan fingerprint density at radius 3 is 2.68 bits per heavy atom. The van der Waals surface area contributed by atoms with Gasteiger partial charge >= 0.3 is 0 Å². The fraction of sp³-hybridized carbons (Fsp3) is 0.143. The number of para-hydroxylation sites is 1. The van der Waals surface area contributed by atoms with Crippen LogP contribution in [-0.2, 0) is 0 Å². The number of rotatable bonds is 3. The van der Waals surface area contributed by atoms with Crippen LogP contribution in [0.4, 0.5) is 11.5 Å². The zero-order valence-corrected chi connectivity index (χ0v) is 11.3. The van der Waals surface area contributed by atoms with Crippen LogP contribution < -0.4 is 10.6 Å². The summed E-state index contributed by atoms with van der Waals surface area (Å²) in [7, 11) is 0. The SMILES string of the molecule is CCN(C(=O)c1cc(N)ncc1Cl)c1ccccc1. The zero-order chi connectivity index (χ0) is 13.8. The van der Waals surface area contributed by atoms with E-state index in [0.717, 1.165) is 5.69 Å². The average molecular weight is 276 g/mol. The van der Waals surface area contributed by atoms with Crippen molar-refractivity contribution in [3.05, 3.63) is 53.2 Å². The summed E-state index contributed by atoms with van der Waals surface area (Å²) in [5.41, 5.74) is 6.79. The van der Waals surface area contributed by atoms with Gasteiger partial charge in [0.2, 0.25) is 0 Å². The standard InChI is InChI=1S/C14H14ClN3O/c1-2-18(10-6-4-3-5-7-10)14(19)11-8-13(16)17-9-12(11)15/h3-9H,2H2,1H3,(H2,16,17). The van der Waals surface area contributed by atoms with E-state index in [1.54, 1.807) is 4.90 Å². The molecule has 0 aliphatic heterocycles. The molecule has 0 aliphatic rings. The summed E-state index contributed by atoms with van der Waals surface area (Å²) < 4.78 is 0. The predicted octanol–water partition coefficient (Wildman–Crippen LogP) is 2.98. The monoisotopic (exact) mass is 275 g/mol. The summed E-state index contributed by atoms with van der Waals surface area (Å²) in [5, 5.41) is 0.300. The Balaban J connectivity index is 2.39. The third-order valence-corrected chi connectivity index (χ3v) is 3.04. The van der Waals surface area contributed by atoms with Gasteiger partial charge in [-0.25, -0.2) is 4.98 Å². The van der Waals surface area contributed by atoms with Gasteiger partial charge in [-0.15, -0.1) is 0 Å². The van der Waals surface area contributed by atoms with Crippen molar-refractivity contribution in [2.75, 3.05) is 17.2 Å². The number of carbonyl (C=O) groups excluding carboxylic acids is 1. The van der Waals surface area contributed by atoms with E-state index in [4.69, 9.17) is 17.3 Å². The first-order valence-electron chi connectivity index (χ1n) is 5.91. The zero-order valence-electron chi connectivity index (χ0n) is 10.5. The number of nitrogen functional groups attached to an aromatic ring is 1. The molecule has 1 amide bonds. The van der Waals surface area contributed by atoms with Crippen molar-refractivity contribution in [1.29, 1.82) is 0 Å². The molecule has 4 nitrogen and oxygen atoms in total. The second-order valence-corrected chi connectivity index (χ2v) is 4.38. The van der Waals surface area contributed by atoms with Gasteiger partial charge in [0, 0.05) is 18.4 Å². The quantitative estimate of drug-likeness (QED) is 0.937. The van der Waals surface area contributed by atoms with Crippen LogP contribution >= 0.6 is 11.6 Å². The van der Waals surface area contributed by atoms with Gasteiger partial charge in [-0.05, 0) is 25.1 Å². The van der Waals surface area contributed by atoms with E-state index in [1.807, 2.05) is 37.3 Å². The summed E-state index contributed by atoms with van der Waals surface area (Å²) in [6, 6.07) is 10.9. The molecule has 0 bridgehead atoms. The van der Waals surface area contributed by atoms with Gasteiger partial charge in [-0.1, -0.05) is 29.8 Å². The van der Waals surface area contributed by atoms with Gasteiger partial charge in [0.05, 0.1) is 10.6 Å². The highest BCUT2D eigenvalue weighted by atomic mass is 35.5. The van der Waals surface area contributed by atoms with E-state index in [-0.39, 0.29) is 11.7 Å². The van der Waals surface area contributed by atoms with E-state index < -0.39 is 0 Å². The Morgan fingerprint density at radius 2 is 2.05 bits per heavy atom. The molecule has 2 N–H and O–H groups in total. The number of amides is 1. The number of hydrogen-bond donors (Lipinski definition) is 1. The number of nitrogens with zero attached hydrogens (tertiary/aromatic N) is 2. The molecule has 0 unspecified atom stereocenters. The lowest BCUT2D eigenvalue weighted by Crippen LogP contribution is -2.30.